The van der Waals surface area contributed by atoms with E-state index in [9.17, 15) is 29.4 Å². The second-order valence-corrected chi connectivity index (χ2v) is 14.6. The van der Waals surface area contributed by atoms with Crippen molar-refractivity contribution in [3.05, 3.63) is 140 Å². The zero-order chi connectivity index (χ0) is 43.7. The summed E-state index contributed by atoms with van der Waals surface area (Å²) in [6.07, 6.45) is 4.22. The molecule has 2 unspecified atom stereocenters. The van der Waals surface area contributed by atoms with Crippen LogP contribution in [0.1, 0.15) is 91.6 Å². The number of ether oxygens (including phenoxy) is 2. The Kier molecular flexibility index (Phi) is 14.9. The molecule has 2 N–H and O–H groups in total. The Bertz CT molecular complexity index is 2510. The van der Waals surface area contributed by atoms with Crippen LogP contribution in [0.2, 0.25) is 10.3 Å². The lowest BCUT2D eigenvalue weighted by Gasteiger charge is -2.20. The van der Waals surface area contributed by atoms with E-state index in [-0.39, 0.29) is 42.6 Å². The van der Waals surface area contributed by atoms with Gasteiger partial charge < -0.3 is 19.7 Å². The summed E-state index contributed by atoms with van der Waals surface area (Å²) < 4.78 is 12.8. The Balaban J connectivity index is 0.000000228. The highest BCUT2D eigenvalue weighted by Gasteiger charge is 2.30. The first-order chi connectivity index (χ1) is 28.7. The topological polar surface area (TPSA) is 189 Å². The molecular weight excluding hydrogens is 811 g/mol. The number of methoxy groups -OCH3 is 2. The average molecular weight is 856 g/mol. The minimum absolute atomic E-state index is 0.0718. The molecule has 6 rings (SSSR count). The summed E-state index contributed by atoms with van der Waals surface area (Å²) in [5.41, 5.74) is 8.00. The van der Waals surface area contributed by atoms with Crippen molar-refractivity contribution in [2.75, 3.05) is 14.2 Å². The van der Waals surface area contributed by atoms with Crippen molar-refractivity contribution in [3.8, 4) is 22.8 Å². The summed E-state index contributed by atoms with van der Waals surface area (Å²) in [7, 11) is 6.19. The van der Waals surface area contributed by atoms with Gasteiger partial charge in [-0.25, -0.2) is 9.59 Å². The molecule has 6 aromatic rings. The number of aromatic carboxylic acids is 1. The molecule has 0 aliphatic carbocycles. The van der Waals surface area contributed by atoms with Gasteiger partial charge >= 0.3 is 23.9 Å². The van der Waals surface area contributed by atoms with E-state index in [0.717, 1.165) is 27.8 Å². The van der Waals surface area contributed by atoms with E-state index in [1.165, 1.54) is 25.0 Å². The molecular formula is C44H44Cl2N6O8. The van der Waals surface area contributed by atoms with Gasteiger partial charge in [-0.1, -0.05) is 47.5 Å². The molecule has 60 heavy (non-hydrogen) atoms. The third-order valence-electron chi connectivity index (χ3n) is 10.0. The van der Waals surface area contributed by atoms with E-state index in [1.807, 2.05) is 43.3 Å². The van der Waals surface area contributed by atoms with Crippen LogP contribution < -0.4 is 0 Å². The maximum atomic E-state index is 11.9. The molecule has 312 valence electrons. The van der Waals surface area contributed by atoms with E-state index < -0.39 is 17.9 Å². The molecule has 0 saturated heterocycles. The average Bonchev–Trinajstić information content (AvgIpc) is 3.71. The smallest absolute Gasteiger partial charge is 0.337 e. The first kappa shape index (κ1) is 44.7. The first-order valence-corrected chi connectivity index (χ1v) is 19.5. The molecule has 0 radical (unpaired) electrons. The van der Waals surface area contributed by atoms with E-state index in [2.05, 4.69) is 20.2 Å². The van der Waals surface area contributed by atoms with Crippen LogP contribution in [0.3, 0.4) is 0 Å². The van der Waals surface area contributed by atoms with Crippen LogP contribution in [0, 0.1) is 13.8 Å². The molecule has 16 heteroatoms. The predicted octanol–water partition coefficient (Wildman–Crippen LogP) is 8.45. The fraction of sp³-hybridized carbons (Fsp3) is 0.273. The van der Waals surface area contributed by atoms with Gasteiger partial charge in [0.2, 0.25) is 0 Å². The number of benzene rings is 2. The predicted molar refractivity (Wildman–Crippen MR) is 225 cm³/mol. The number of hydrogen-bond donors (Lipinski definition) is 2. The second-order valence-electron chi connectivity index (χ2n) is 13.9. The third-order valence-corrected chi connectivity index (χ3v) is 10.9. The molecule has 0 bridgehead atoms. The quantitative estimate of drug-likeness (QED) is 0.0997. The van der Waals surface area contributed by atoms with Crippen molar-refractivity contribution >= 4 is 47.1 Å². The molecule has 0 aliphatic rings. The molecule has 0 fully saturated rings. The van der Waals surface area contributed by atoms with Crippen LogP contribution in [0.15, 0.2) is 85.2 Å². The zero-order valence-electron chi connectivity index (χ0n) is 33.8. The van der Waals surface area contributed by atoms with Gasteiger partial charge in [0, 0.05) is 62.3 Å². The van der Waals surface area contributed by atoms with Gasteiger partial charge in [-0.2, -0.15) is 10.2 Å². The van der Waals surface area contributed by atoms with Gasteiger partial charge in [0.05, 0.1) is 36.7 Å². The van der Waals surface area contributed by atoms with Gasteiger partial charge in [0.15, 0.2) is 0 Å². The number of carboxylic acids is 2. The highest BCUT2D eigenvalue weighted by molar-refractivity contribution is 6.31. The van der Waals surface area contributed by atoms with Crippen LogP contribution >= 0.6 is 23.2 Å². The monoisotopic (exact) mass is 854 g/mol. The lowest BCUT2D eigenvalue weighted by molar-refractivity contribution is -0.141. The third kappa shape index (κ3) is 10.2. The summed E-state index contributed by atoms with van der Waals surface area (Å²) in [6, 6.07) is 21.2. The second kappa shape index (κ2) is 20.1. The van der Waals surface area contributed by atoms with Gasteiger partial charge in [0.1, 0.15) is 21.7 Å². The number of aromatic nitrogens is 6. The number of esters is 2. The number of nitrogens with zero attached hydrogens (tertiary/aromatic N) is 6. The summed E-state index contributed by atoms with van der Waals surface area (Å²) >= 11 is 13.3. The standard InChI is InChI=1S/C23H24ClN3O4.C21H20ClN3O4/c1-14-13-15(23(29)31-4)8-9-16(14)17(10-11-19(28)30-3)20-21(26-27(2)22(20)24)18-7-5-6-12-25-18;1-12-11-13(21(28)29)6-7-14(12)15(8-9-17(26)27)18-19(24-25(2)20(18)22)16-5-3-4-10-23-16/h5-9,12-13,17H,10-11H2,1-4H3;3-7,10-11,15H,8-9H2,1-2H3,(H,26,27)(H,28,29). The number of carboxylic acid groups (broad SMARTS) is 2. The lowest BCUT2D eigenvalue weighted by atomic mass is 9.84. The van der Waals surface area contributed by atoms with Crippen LogP contribution in [-0.4, -0.2) is 77.8 Å². The number of rotatable bonds is 14. The van der Waals surface area contributed by atoms with Gasteiger partial charge in [-0.15, -0.1) is 0 Å². The van der Waals surface area contributed by atoms with E-state index >= 15 is 0 Å². The highest BCUT2D eigenvalue weighted by atomic mass is 35.5. The number of halogens is 2. The van der Waals surface area contributed by atoms with Crippen molar-refractivity contribution < 1.29 is 38.9 Å². The van der Waals surface area contributed by atoms with Crippen LogP contribution in [-0.2, 0) is 33.2 Å². The fourth-order valence-corrected chi connectivity index (χ4v) is 7.61. The number of hydrogen-bond acceptors (Lipinski definition) is 10. The maximum Gasteiger partial charge on any atom is 0.337 e. The van der Waals surface area contributed by atoms with Gasteiger partial charge in [0.25, 0.3) is 0 Å². The van der Waals surface area contributed by atoms with Gasteiger partial charge in [-0.05, 0) is 97.5 Å². The number of aryl methyl sites for hydroxylation is 4. The van der Waals surface area contributed by atoms with E-state index in [4.69, 9.17) is 32.7 Å². The van der Waals surface area contributed by atoms with Crippen molar-refractivity contribution in [2.45, 2.75) is 51.4 Å². The maximum absolute atomic E-state index is 11.9. The Labute approximate surface area is 356 Å². The largest absolute Gasteiger partial charge is 0.481 e. The van der Waals surface area contributed by atoms with E-state index in [0.29, 0.717) is 50.6 Å². The number of aliphatic carboxylic acids is 1. The van der Waals surface area contributed by atoms with Crippen molar-refractivity contribution in [1.29, 1.82) is 0 Å². The van der Waals surface area contributed by atoms with Gasteiger partial charge in [-0.3, -0.25) is 28.9 Å². The SMILES string of the molecule is COC(=O)CCC(c1ccc(C(=O)OC)cc1C)c1c(-c2ccccn2)nn(C)c1Cl.Cc1cc(C(=O)O)ccc1C(CCC(=O)O)c1c(-c2ccccn2)nn(C)c1Cl. The molecule has 14 nitrogen and oxygen atoms in total. The highest BCUT2D eigenvalue weighted by Crippen LogP contribution is 2.42. The minimum Gasteiger partial charge on any atom is -0.481 e. The zero-order valence-corrected chi connectivity index (χ0v) is 35.4. The van der Waals surface area contributed by atoms with Crippen molar-refractivity contribution in [3.63, 3.8) is 0 Å². The first-order valence-electron chi connectivity index (χ1n) is 18.8. The molecule has 0 amide bonds. The molecule has 0 saturated carbocycles. The van der Waals surface area contributed by atoms with Crippen LogP contribution in [0.5, 0.6) is 0 Å². The summed E-state index contributed by atoms with van der Waals surface area (Å²) in [5.74, 6) is -3.30. The molecule has 2 atom stereocenters. The Morgan fingerprint density at radius 3 is 1.53 bits per heavy atom. The van der Waals surface area contributed by atoms with Crippen LogP contribution in [0.4, 0.5) is 0 Å². The summed E-state index contributed by atoms with van der Waals surface area (Å²) in [5, 5.41) is 28.5. The number of carbonyl (C=O) groups is 4. The minimum atomic E-state index is -1.02. The molecule has 4 aromatic heterocycles. The van der Waals surface area contributed by atoms with Crippen molar-refractivity contribution in [1.82, 2.24) is 29.5 Å². The Morgan fingerprint density at radius 2 is 1.13 bits per heavy atom. The summed E-state index contributed by atoms with van der Waals surface area (Å²) in [6.45, 7) is 3.72. The number of pyridine rings is 2. The molecule has 2 aromatic carbocycles. The molecule has 0 aliphatic heterocycles. The number of carbonyl (C=O) groups excluding carboxylic acids is 2. The molecule has 0 spiro atoms. The van der Waals surface area contributed by atoms with Crippen LogP contribution in [0.25, 0.3) is 22.8 Å². The Hall–Kier alpha value is -6.38. The Morgan fingerprint density at radius 1 is 0.667 bits per heavy atom. The fourth-order valence-electron chi connectivity index (χ4n) is 7.10. The lowest BCUT2D eigenvalue weighted by Crippen LogP contribution is -2.10. The normalized spacial score (nSPS) is 11.9. The summed E-state index contributed by atoms with van der Waals surface area (Å²) in [4.78, 5) is 55.3. The molecule has 4 heterocycles. The van der Waals surface area contributed by atoms with E-state index in [1.54, 1.807) is 68.4 Å². The van der Waals surface area contributed by atoms with Crippen molar-refractivity contribution in [2.24, 2.45) is 14.1 Å².